The Labute approximate surface area is 110 Å². The van der Waals surface area contributed by atoms with Crippen molar-refractivity contribution in [2.24, 2.45) is 5.73 Å². The van der Waals surface area contributed by atoms with Gasteiger partial charge in [-0.2, -0.15) is 12.6 Å². The molecule has 0 amide bonds. The Morgan fingerprint density at radius 1 is 1.00 bits per heavy atom. The number of aryl methyl sites for hydroxylation is 1. The van der Waals surface area contributed by atoms with Gasteiger partial charge in [0.2, 0.25) is 6.33 Å². The first-order chi connectivity index (χ1) is 8.36. The molecule has 1 aromatic rings. The van der Waals surface area contributed by atoms with Crippen molar-refractivity contribution in [3.8, 4) is 0 Å². The Balaban J connectivity index is 1.93. The molecular weight excluding hydrogens is 230 g/mol. The molecule has 0 aliphatic heterocycles. The second-order valence-electron chi connectivity index (χ2n) is 4.55. The third kappa shape index (κ3) is 6.74. The Morgan fingerprint density at radius 3 is 2.24 bits per heavy atom. The smallest absolute Gasteiger partial charge is 0.244 e. The zero-order valence-electron chi connectivity index (χ0n) is 10.7. The molecule has 1 rings (SSSR count). The SMILES string of the molecule is NC[n+]1ccn(CCCCCCCCCS)c1. The summed E-state index contributed by atoms with van der Waals surface area (Å²) in [5.41, 5.74) is 5.54. The summed E-state index contributed by atoms with van der Waals surface area (Å²) in [5.74, 6) is 1.04. The Hall–Kier alpha value is -0.480. The van der Waals surface area contributed by atoms with Gasteiger partial charge >= 0.3 is 0 Å². The van der Waals surface area contributed by atoms with E-state index in [2.05, 4.69) is 29.7 Å². The molecule has 0 fully saturated rings. The summed E-state index contributed by atoms with van der Waals surface area (Å²) in [6.45, 7) is 1.68. The number of imidazole rings is 1. The summed E-state index contributed by atoms with van der Waals surface area (Å²) in [6, 6.07) is 0. The first-order valence-electron chi connectivity index (χ1n) is 6.72. The van der Waals surface area contributed by atoms with Gasteiger partial charge in [0.05, 0.1) is 6.54 Å². The van der Waals surface area contributed by atoms with E-state index in [1.165, 1.54) is 44.9 Å². The van der Waals surface area contributed by atoms with Gasteiger partial charge in [-0.25, -0.2) is 9.13 Å². The van der Waals surface area contributed by atoms with Crippen LogP contribution in [0.4, 0.5) is 0 Å². The van der Waals surface area contributed by atoms with E-state index in [0.29, 0.717) is 6.67 Å². The van der Waals surface area contributed by atoms with Crippen LogP contribution in [0.15, 0.2) is 18.7 Å². The average Bonchev–Trinajstić information content (AvgIpc) is 2.80. The normalized spacial score (nSPS) is 10.9. The molecule has 3 nitrogen and oxygen atoms in total. The van der Waals surface area contributed by atoms with Crippen molar-refractivity contribution in [2.45, 2.75) is 58.2 Å². The van der Waals surface area contributed by atoms with E-state index in [1.807, 2.05) is 10.8 Å². The maximum absolute atomic E-state index is 5.54. The van der Waals surface area contributed by atoms with E-state index in [1.54, 1.807) is 0 Å². The molecule has 17 heavy (non-hydrogen) atoms. The van der Waals surface area contributed by atoms with E-state index < -0.39 is 0 Å². The summed E-state index contributed by atoms with van der Waals surface area (Å²) < 4.78 is 4.21. The van der Waals surface area contributed by atoms with Gasteiger partial charge in [-0.1, -0.05) is 25.7 Å². The summed E-state index contributed by atoms with van der Waals surface area (Å²) in [7, 11) is 0. The molecule has 0 aliphatic carbocycles. The van der Waals surface area contributed by atoms with Crippen molar-refractivity contribution >= 4 is 12.6 Å². The molecule has 0 aliphatic rings. The zero-order valence-corrected chi connectivity index (χ0v) is 11.6. The quantitative estimate of drug-likeness (QED) is 0.376. The maximum atomic E-state index is 5.54. The van der Waals surface area contributed by atoms with Crippen LogP contribution in [0.5, 0.6) is 0 Å². The van der Waals surface area contributed by atoms with Crippen LogP contribution in [0.1, 0.15) is 44.9 Å². The predicted molar refractivity (Wildman–Crippen MR) is 75.0 cm³/mol. The summed E-state index contributed by atoms with van der Waals surface area (Å²) >= 11 is 4.22. The lowest BCUT2D eigenvalue weighted by molar-refractivity contribution is -0.695. The molecule has 4 heteroatoms. The number of thiol groups is 1. The van der Waals surface area contributed by atoms with Crippen molar-refractivity contribution in [2.75, 3.05) is 5.75 Å². The predicted octanol–water partition coefficient (Wildman–Crippen LogP) is 2.35. The fourth-order valence-electron chi connectivity index (χ4n) is 1.97. The highest BCUT2D eigenvalue weighted by Crippen LogP contribution is 2.08. The minimum absolute atomic E-state index is 0.568. The first kappa shape index (κ1) is 14.6. The van der Waals surface area contributed by atoms with Crippen LogP contribution in [0.2, 0.25) is 0 Å². The number of hydrogen-bond donors (Lipinski definition) is 2. The van der Waals surface area contributed by atoms with Crippen LogP contribution in [0, 0.1) is 0 Å². The van der Waals surface area contributed by atoms with Crippen LogP contribution in [-0.4, -0.2) is 10.3 Å². The highest BCUT2D eigenvalue weighted by Gasteiger charge is 2.00. The Kier molecular flexibility index (Phi) is 8.18. The van der Waals surface area contributed by atoms with Crippen LogP contribution in [0.25, 0.3) is 0 Å². The molecule has 0 aromatic carbocycles. The summed E-state index contributed by atoms with van der Waals surface area (Å²) in [5, 5.41) is 0. The molecule has 0 radical (unpaired) electrons. The lowest BCUT2D eigenvalue weighted by atomic mass is 10.1. The van der Waals surface area contributed by atoms with E-state index in [4.69, 9.17) is 5.73 Å². The van der Waals surface area contributed by atoms with Gasteiger partial charge in [-0.05, 0) is 25.0 Å². The molecule has 98 valence electrons. The van der Waals surface area contributed by atoms with Gasteiger partial charge in [0.25, 0.3) is 0 Å². The molecule has 0 saturated heterocycles. The number of unbranched alkanes of at least 4 members (excludes halogenated alkanes) is 6. The Morgan fingerprint density at radius 2 is 1.65 bits per heavy atom. The molecular formula is C13H26N3S+. The van der Waals surface area contributed by atoms with Crippen molar-refractivity contribution in [1.82, 2.24) is 4.57 Å². The maximum Gasteiger partial charge on any atom is 0.244 e. The minimum Gasteiger partial charge on any atom is -0.295 e. The van der Waals surface area contributed by atoms with Crippen molar-refractivity contribution in [3.05, 3.63) is 18.7 Å². The largest absolute Gasteiger partial charge is 0.295 e. The van der Waals surface area contributed by atoms with Crippen LogP contribution in [0.3, 0.4) is 0 Å². The highest BCUT2D eigenvalue weighted by atomic mass is 32.1. The van der Waals surface area contributed by atoms with Crippen LogP contribution in [-0.2, 0) is 13.2 Å². The van der Waals surface area contributed by atoms with E-state index >= 15 is 0 Å². The topological polar surface area (TPSA) is 34.8 Å². The van der Waals surface area contributed by atoms with E-state index in [9.17, 15) is 0 Å². The van der Waals surface area contributed by atoms with Crippen molar-refractivity contribution in [1.29, 1.82) is 0 Å². The van der Waals surface area contributed by atoms with Gasteiger partial charge in [0.15, 0.2) is 0 Å². The average molecular weight is 256 g/mol. The molecule has 0 saturated carbocycles. The zero-order chi connectivity index (χ0) is 12.3. The lowest BCUT2D eigenvalue weighted by Crippen LogP contribution is -2.35. The fourth-order valence-corrected chi connectivity index (χ4v) is 2.19. The lowest BCUT2D eigenvalue weighted by Gasteiger charge is -2.00. The number of rotatable bonds is 10. The summed E-state index contributed by atoms with van der Waals surface area (Å²) in [6.07, 6.45) is 15.5. The fraction of sp³-hybridized carbons (Fsp3) is 0.769. The number of nitrogens with two attached hydrogens (primary N) is 1. The molecule has 0 unspecified atom stereocenters. The molecule has 1 heterocycles. The van der Waals surface area contributed by atoms with Crippen LogP contribution < -0.4 is 10.3 Å². The standard InChI is InChI=1S/C13H25N3S/c14-12-16-10-9-15(13-16)8-6-4-2-1-3-5-7-11-17/h9-10,13H,1-8,11-12,14H2/p+1. The van der Waals surface area contributed by atoms with E-state index in [0.717, 1.165) is 12.3 Å². The summed E-state index contributed by atoms with van der Waals surface area (Å²) in [4.78, 5) is 0. The highest BCUT2D eigenvalue weighted by molar-refractivity contribution is 7.80. The second kappa shape index (κ2) is 9.54. The van der Waals surface area contributed by atoms with Crippen molar-refractivity contribution in [3.63, 3.8) is 0 Å². The number of nitrogens with zero attached hydrogens (tertiary/aromatic N) is 2. The van der Waals surface area contributed by atoms with Gasteiger partial charge in [0.1, 0.15) is 19.1 Å². The minimum atomic E-state index is 0.568. The van der Waals surface area contributed by atoms with Crippen LogP contribution >= 0.6 is 12.6 Å². The van der Waals surface area contributed by atoms with E-state index in [-0.39, 0.29) is 0 Å². The molecule has 0 atom stereocenters. The van der Waals surface area contributed by atoms with Gasteiger partial charge in [0, 0.05) is 0 Å². The first-order valence-corrected chi connectivity index (χ1v) is 7.36. The van der Waals surface area contributed by atoms with Gasteiger partial charge in [-0.15, -0.1) is 0 Å². The second-order valence-corrected chi connectivity index (χ2v) is 4.99. The third-order valence-electron chi connectivity index (χ3n) is 3.03. The van der Waals surface area contributed by atoms with Gasteiger partial charge < -0.3 is 0 Å². The van der Waals surface area contributed by atoms with Crippen molar-refractivity contribution < 1.29 is 4.57 Å². The number of hydrogen-bond acceptors (Lipinski definition) is 2. The Bertz CT molecular complexity index is 286. The monoisotopic (exact) mass is 256 g/mol. The molecule has 1 aromatic heterocycles. The molecule has 0 bridgehead atoms. The van der Waals surface area contributed by atoms with Gasteiger partial charge in [-0.3, -0.25) is 5.73 Å². The number of aromatic nitrogens is 2. The molecule has 2 N–H and O–H groups in total. The third-order valence-corrected chi connectivity index (χ3v) is 3.35. The molecule has 0 spiro atoms.